The molecule has 0 unspecified atom stereocenters. The maximum atomic E-state index is 5.69. The van der Waals surface area contributed by atoms with E-state index in [0.29, 0.717) is 0 Å². The molecule has 0 bridgehead atoms. The predicted molar refractivity (Wildman–Crippen MR) is 81.5 cm³/mol. The first-order valence-electron chi connectivity index (χ1n) is 6.87. The normalized spacial score (nSPS) is 21.6. The number of nitrogens with one attached hydrogen (secondary N) is 1. The molecule has 108 valence electrons. The number of benzene rings is 1. The number of piperidine rings is 1. The summed E-state index contributed by atoms with van der Waals surface area (Å²) in [5.41, 5.74) is 4.11. The largest absolute Gasteiger partial charge is 0.497 e. The van der Waals surface area contributed by atoms with Gasteiger partial charge in [-0.15, -0.1) is 0 Å². The molecule has 1 aromatic rings. The van der Waals surface area contributed by atoms with Gasteiger partial charge in [0.25, 0.3) is 0 Å². The van der Waals surface area contributed by atoms with Gasteiger partial charge in [-0.25, -0.2) is 0 Å². The molecule has 2 aliphatic rings. The van der Waals surface area contributed by atoms with E-state index in [-0.39, 0.29) is 5.60 Å². The molecule has 0 saturated carbocycles. The third-order valence-electron chi connectivity index (χ3n) is 4.01. The number of hydrogen-bond acceptors (Lipinski definition) is 4. The van der Waals surface area contributed by atoms with E-state index in [9.17, 15) is 0 Å². The van der Waals surface area contributed by atoms with Crippen molar-refractivity contribution in [3.63, 3.8) is 0 Å². The number of nitrogens with zero attached hydrogens (tertiary/aromatic N) is 1. The van der Waals surface area contributed by atoms with Gasteiger partial charge in [-0.3, -0.25) is 15.2 Å². The topological polar surface area (TPSA) is 33.7 Å². The van der Waals surface area contributed by atoms with Gasteiger partial charge in [-0.05, 0) is 52.5 Å². The van der Waals surface area contributed by atoms with Crippen LogP contribution in [0.3, 0.4) is 0 Å². The molecule has 1 saturated heterocycles. The Balaban J connectivity index is 1.56. The van der Waals surface area contributed by atoms with Crippen molar-refractivity contribution in [3.05, 3.63) is 40.5 Å². The van der Waals surface area contributed by atoms with Crippen LogP contribution in [0.5, 0.6) is 5.75 Å². The van der Waals surface area contributed by atoms with Gasteiger partial charge in [0.2, 0.25) is 0 Å². The molecule has 0 aliphatic carbocycles. The van der Waals surface area contributed by atoms with Crippen LogP contribution in [0.1, 0.15) is 18.4 Å². The molecule has 4 nitrogen and oxygen atoms in total. The summed E-state index contributed by atoms with van der Waals surface area (Å²) in [4.78, 5) is 8.16. The third kappa shape index (κ3) is 3.00. The molecule has 1 spiro atoms. The van der Waals surface area contributed by atoms with Gasteiger partial charge in [0.1, 0.15) is 16.0 Å². The maximum absolute atomic E-state index is 5.69. The monoisotopic (exact) mass is 338 g/mol. The van der Waals surface area contributed by atoms with Crippen molar-refractivity contribution in [2.45, 2.75) is 25.0 Å². The minimum atomic E-state index is -0.116. The van der Waals surface area contributed by atoms with Gasteiger partial charge in [-0.2, -0.15) is 0 Å². The third-order valence-corrected chi connectivity index (χ3v) is 4.40. The zero-order chi connectivity index (χ0) is 14.0. The lowest BCUT2D eigenvalue weighted by atomic mass is 9.91. The standard InChI is InChI=1S/C15H19BrN2O2/c1-19-13-4-2-12(3-5-13)11-18-8-6-15(7-9-18)10-14(16)17-20-15/h2-5,10,17H,6-9,11H2,1H3. The molecule has 0 atom stereocenters. The number of ether oxygens (including phenoxy) is 1. The minimum absolute atomic E-state index is 0.116. The van der Waals surface area contributed by atoms with Gasteiger partial charge in [0.05, 0.1) is 7.11 Å². The van der Waals surface area contributed by atoms with Gasteiger partial charge in [-0.1, -0.05) is 12.1 Å². The zero-order valence-corrected chi connectivity index (χ0v) is 13.1. The highest BCUT2D eigenvalue weighted by Crippen LogP contribution is 2.33. The Morgan fingerprint density at radius 2 is 2.00 bits per heavy atom. The second kappa shape index (κ2) is 5.76. The zero-order valence-electron chi connectivity index (χ0n) is 11.6. The smallest absolute Gasteiger partial charge is 0.119 e. The van der Waals surface area contributed by atoms with Crippen LogP contribution in [-0.2, 0) is 11.4 Å². The lowest BCUT2D eigenvalue weighted by Gasteiger charge is -2.36. The summed E-state index contributed by atoms with van der Waals surface area (Å²) in [5.74, 6) is 0.909. The molecule has 3 rings (SSSR count). The van der Waals surface area contributed by atoms with Crippen LogP contribution in [0.25, 0.3) is 0 Å². The van der Waals surface area contributed by atoms with Gasteiger partial charge >= 0.3 is 0 Å². The Morgan fingerprint density at radius 3 is 2.55 bits per heavy atom. The fraction of sp³-hybridized carbons (Fsp3) is 0.467. The first-order chi connectivity index (χ1) is 9.69. The SMILES string of the molecule is COc1ccc(CN2CCC3(C=C(Br)NO3)CC2)cc1. The number of halogens is 1. The number of likely N-dealkylation sites (tertiary alicyclic amines) is 1. The van der Waals surface area contributed by atoms with Gasteiger partial charge in [0.15, 0.2) is 0 Å². The Labute approximate surface area is 127 Å². The molecule has 2 heterocycles. The Morgan fingerprint density at radius 1 is 1.30 bits per heavy atom. The average Bonchev–Trinajstić information content (AvgIpc) is 2.84. The van der Waals surface area contributed by atoms with Crippen molar-refractivity contribution < 1.29 is 9.57 Å². The Kier molecular flexibility index (Phi) is 4.01. The molecule has 5 heteroatoms. The number of hydroxylamine groups is 1. The van der Waals surface area contributed by atoms with Crippen molar-refractivity contribution in [2.75, 3.05) is 20.2 Å². The molecule has 0 aromatic heterocycles. The molecule has 2 aliphatic heterocycles. The van der Waals surface area contributed by atoms with Gasteiger partial charge < -0.3 is 4.74 Å². The van der Waals surface area contributed by atoms with Crippen LogP contribution in [-0.4, -0.2) is 30.7 Å². The summed E-state index contributed by atoms with van der Waals surface area (Å²) in [6.45, 7) is 3.08. The quantitative estimate of drug-likeness (QED) is 0.859. The lowest BCUT2D eigenvalue weighted by Crippen LogP contribution is -2.44. The summed E-state index contributed by atoms with van der Waals surface area (Å²) < 4.78 is 6.13. The predicted octanol–water partition coefficient (Wildman–Crippen LogP) is 2.80. The Bertz CT molecular complexity index is 493. The number of rotatable bonds is 3. The van der Waals surface area contributed by atoms with Crippen molar-refractivity contribution >= 4 is 15.9 Å². The highest BCUT2D eigenvalue weighted by molar-refractivity contribution is 9.11. The highest BCUT2D eigenvalue weighted by atomic mass is 79.9. The average molecular weight is 339 g/mol. The second-order valence-electron chi connectivity index (χ2n) is 5.39. The van der Waals surface area contributed by atoms with E-state index >= 15 is 0 Å². The molecular formula is C15H19BrN2O2. The van der Waals surface area contributed by atoms with Crippen LogP contribution in [0, 0.1) is 0 Å². The molecule has 0 radical (unpaired) electrons. The maximum Gasteiger partial charge on any atom is 0.119 e. The first-order valence-corrected chi connectivity index (χ1v) is 7.66. The van der Waals surface area contributed by atoms with E-state index in [1.807, 2.05) is 12.1 Å². The van der Waals surface area contributed by atoms with E-state index in [1.165, 1.54) is 5.56 Å². The summed E-state index contributed by atoms with van der Waals surface area (Å²) in [7, 11) is 1.69. The number of methoxy groups -OCH3 is 1. The molecule has 0 amide bonds. The van der Waals surface area contributed by atoms with Crippen LogP contribution in [0.4, 0.5) is 0 Å². The van der Waals surface area contributed by atoms with Crippen molar-refractivity contribution in [1.82, 2.24) is 10.4 Å². The highest BCUT2D eigenvalue weighted by Gasteiger charge is 2.37. The minimum Gasteiger partial charge on any atom is -0.497 e. The van der Waals surface area contributed by atoms with E-state index in [4.69, 9.17) is 9.57 Å². The van der Waals surface area contributed by atoms with Crippen LogP contribution >= 0.6 is 15.9 Å². The Hall–Kier alpha value is -1.04. The van der Waals surface area contributed by atoms with E-state index < -0.39 is 0 Å². The summed E-state index contributed by atoms with van der Waals surface area (Å²) in [6.07, 6.45) is 4.19. The molecule has 20 heavy (non-hydrogen) atoms. The molecule has 1 N–H and O–H groups in total. The van der Waals surface area contributed by atoms with Crippen molar-refractivity contribution in [2.24, 2.45) is 0 Å². The summed E-state index contributed by atoms with van der Waals surface area (Å²) >= 11 is 3.43. The fourth-order valence-corrected chi connectivity index (χ4v) is 3.26. The van der Waals surface area contributed by atoms with Crippen molar-refractivity contribution in [3.8, 4) is 5.75 Å². The second-order valence-corrected chi connectivity index (χ2v) is 6.24. The van der Waals surface area contributed by atoms with Crippen LogP contribution < -0.4 is 10.2 Å². The van der Waals surface area contributed by atoms with Gasteiger partial charge in [0, 0.05) is 19.6 Å². The molecule has 1 fully saturated rings. The summed E-state index contributed by atoms with van der Waals surface area (Å²) in [5, 5.41) is 0. The van der Waals surface area contributed by atoms with E-state index in [2.05, 4.69) is 44.5 Å². The van der Waals surface area contributed by atoms with Crippen LogP contribution in [0.15, 0.2) is 34.9 Å². The summed E-state index contributed by atoms with van der Waals surface area (Å²) in [6, 6.07) is 8.30. The fourth-order valence-electron chi connectivity index (χ4n) is 2.77. The first kappa shape index (κ1) is 13.9. The van der Waals surface area contributed by atoms with Crippen LogP contribution in [0.2, 0.25) is 0 Å². The van der Waals surface area contributed by atoms with E-state index in [1.54, 1.807) is 7.11 Å². The van der Waals surface area contributed by atoms with E-state index in [0.717, 1.165) is 42.8 Å². The number of hydrogen-bond donors (Lipinski definition) is 1. The lowest BCUT2D eigenvalue weighted by molar-refractivity contribution is -0.0729. The molecular weight excluding hydrogens is 320 g/mol. The molecule has 1 aromatic carbocycles. The van der Waals surface area contributed by atoms with Crippen molar-refractivity contribution in [1.29, 1.82) is 0 Å².